The molecule has 0 radical (unpaired) electrons. The molecule has 0 bridgehead atoms. The van der Waals surface area contributed by atoms with E-state index in [9.17, 15) is 9.90 Å². The molecule has 0 spiro atoms. The van der Waals surface area contributed by atoms with Gasteiger partial charge in [-0.15, -0.1) is 0 Å². The summed E-state index contributed by atoms with van der Waals surface area (Å²) in [5, 5.41) is 36.2. The third-order valence-electron chi connectivity index (χ3n) is 3.81. The van der Waals surface area contributed by atoms with Crippen LogP contribution in [0.1, 0.15) is 108 Å². The first-order chi connectivity index (χ1) is 14.0. The number of hydrogen-bond acceptors (Lipinski definition) is 5. The fraction of sp³-hybridized carbons (Fsp3) is 0.875. The minimum Gasteiger partial charge on any atom is -0.481 e. The Morgan fingerprint density at radius 1 is 0.968 bits per heavy atom. The van der Waals surface area contributed by atoms with Crippen LogP contribution in [-0.4, -0.2) is 32.8 Å². The van der Waals surface area contributed by atoms with Crippen LogP contribution >= 0.6 is 0 Å². The molecule has 31 heavy (non-hydrogen) atoms. The van der Waals surface area contributed by atoms with E-state index in [2.05, 4.69) is 38.9 Å². The summed E-state index contributed by atoms with van der Waals surface area (Å²) >= 11 is 0. The van der Waals surface area contributed by atoms with E-state index in [4.69, 9.17) is 21.3 Å². The molecular weight excluding hydrogens is 394 g/mol. The molecule has 7 nitrogen and oxygen atoms in total. The Morgan fingerprint density at radius 3 is 1.48 bits per heavy atom. The maximum Gasteiger partial charge on any atom is 0.303 e. The molecule has 0 rings (SSSR count). The Kier molecular flexibility index (Phi) is 27.0. The molecule has 7 heteroatoms. The minimum atomic E-state index is -0.696. The monoisotopic (exact) mass is 445 g/mol. The van der Waals surface area contributed by atoms with Gasteiger partial charge in [-0.25, -0.2) is 0 Å². The van der Waals surface area contributed by atoms with Gasteiger partial charge in [0.05, 0.1) is 11.7 Å². The van der Waals surface area contributed by atoms with Gasteiger partial charge in [0.25, 0.3) is 0 Å². The molecule has 0 aromatic heterocycles. The van der Waals surface area contributed by atoms with Crippen molar-refractivity contribution in [2.45, 2.75) is 113 Å². The third kappa shape index (κ3) is 52.5. The zero-order valence-electron chi connectivity index (χ0n) is 21.8. The minimum absolute atomic E-state index is 0.144. The molecule has 0 unspecified atom stereocenters. The quantitative estimate of drug-likeness (QED) is 0.148. The topological polar surface area (TPSA) is 140 Å². The van der Waals surface area contributed by atoms with Gasteiger partial charge in [0.2, 0.25) is 0 Å². The molecule has 0 aliphatic carbocycles. The van der Waals surface area contributed by atoms with Crippen LogP contribution in [-0.2, 0) is 4.79 Å². The Morgan fingerprint density at radius 2 is 1.39 bits per heavy atom. The summed E-state index contributed by atoms with van der Waals surface area (Å²) in [5.74, 6) is 1.62. The molecule has 0 atom stereocenters. The highest BCUT2D eigenvalue weighted by Crippen LogP contribution is 2.14. The molecular formula is C24H51N3O4. The van der Waals surface area contributed by atoms with Crippen molar-refractivity contribution >= 4 is 11.8 Å². The van der Waals surface area contributed by atoms with Crippen molar-refractivity contribution in [1.82, 2.24) is 0 Å². The normalized spacial score (nSPS) is 11.1. The smallest absolute Gasteiger partial charge is 0.303 e. The van der Waals surface area contributed by atoms with Gasteiger partial charge in [0.15, 0.2) is 0 Å². The zero-order chi connectivity index (χ0) is 25.6. The van der Waals surface area contributed by atoms with Gasteiger partial charge < -0.3 is 21.2 Å². The van der Waals surface area contributed by atoms with E-state index in [0.717, 1.165) is 25.7 Å². The lowest BCUT2D eigenvalue weighted by Crippen LogP contribution is -2.18. The van der Waals surface area contributed by atoms with Gasteiger partial charge >= 0.3 is 5.97 Å². The summed E-state index contributed by atoms with van der Waals surface area (Å²) in [4.78, 5) is 9.90. The maximum atomic E-state index is 9.90. The summed E-state index contributed by atoms with van der Waals surface area (Å²) in [5.41, 5.74) is 4.65. The van der Waals surface area contributed by atoms with E-state index in [1.54, 1.807) is 0 Å². The highest BCUT2D eigenvalue weighted by Gasteiger charge is 2.11. The van der Waals surface area contributed by atoms with Crippen molar-refractivity contribution in [1.29, 1.82) is 5.26 Å². The van der Waals surface area contributed by atoms with Crippen molar-refractivity contribution < 1.29 is 20.2 Å². The van der Waals surface area contributed by atoms with Gasteiger partial charge in [0.1, 0.15) is 5.84 Å². The molecule has 0 aromatic rings. The van der Waals surface area contributed by atoms with Crippen LogP contribution in [0.2, 0.25) is 0 Å². The lowest BCUT2D eigenvalue weighted by molar-refractivity contribution is -0.137. The highest BCUT2D eigenvalue weighted by atomic mass is 16.4. The number of aliphatic hydroxyl groups is 1. The molecule has 0 saturated carbocycles. The summed E-state index contributed by atoms with van der Waals surface area (Å²) in [7, 11) is 0. The molecule has 0 amide bonds. The second kappa shape index (κ2) is 22.9. The average Bonchev–Trinajstić information content (AvgIpc) is 2.63. The predicted molar refractivity (Wildman–Crippen MR) is 130 cm³/mol. The zero-order valence-corrected chi connectivity index (χ0v) is 21.8. The van der Waals surface area contributed by atoms with Crippen LogP contribution in [0, 0.1) is 35.0 Å². The van der Waals surface area contributed by atoms with Crippen LogP contribution in [0.4, 0.5) is 0 Å². The van der Waals surface area contributed by atoms with Crippen molar-refractivity contribution in [3.8, 4) is 6.07 Å². The average molecular weight is 446 g/mol. The standard InChI is InChI=1S/C8H18O.C6H11N.C6H12O2.C4H10N2O/c1-7(2)5-6-8(3,4)9;1-6(2)4-3-5-7;1-5(2)3-4-6(7)8;1-3(2)4(5)6-7/h7,9H,5-6H2,1-4H3;6H,3-4H2,1-2H3;5H,3-4H2,1-2H3,(H,7,8);3,7H,1-2H3,(H2,5,6). The SMILES string of the molecule is CC(C)/C(N)=N/O.CC(C)CCC#N.CC(C)CCC(=O)O.CC(C)CCC(C)(C)O. The van der Waals surface area contributed by atoms with E-state index in [0.29, 0.717) is 30.6 Å². The molecule has 0 aromatic carbocycles. The first-order valence-electron chi connectivity index (χ1n) is 11.3. The molecule has 0 fully saturated rings. The van der Waals surface area contributed by atoms with Gasteiger partial charge in [-0.3, -0.25) is 4.79 Å². The number of nitrogens with two attached hydrogens (primary N) is 1. The summed E-state index contributed by atoms with van der Waals surface area (Å²) in [6, 6.07) is 2.10. The number of nitrogens with zero attached hydrogens (tertiary/aromatic N) is 2. The number of oxime groups is 1. The number of rotatable bonds is 9. The number of carboxylic acid groups (broad SMARTS) is 1. The van der Waals surface area contributed by atoms with E-state index in [1.165, 1.54) is 0 Å². The van der Waals surface area contributed by atoms with Crippen molar-refractivity contribution in [3.63, 3.8) is 0 Å². The molecule has 5 N–H and O–H groups in total. The summed E-state index contributed by atoms with van der Waals surface area (Å²) in [6.45, 7) is 20.0. The highest BCUT2D eigenvalue weighted by molar-refractivity contribution is 5.81. The predicted octanol–water partition coefficient (Wildman–Crippen LogP) is 6.04. The molecule has 0 saturated heterocycles. The van der Waals surface area contributed by atoms with E-state index in [1.807, 2.05) is 41.5 Å². The fourth-order valence-electron chi connectivity index (χ4n) is 1.52. The second-order valence-electron chi connectivity index (χ2n) is 9.84. The Hall–Kier alpha value is -1.81. The lowest BCUT2D eigenvalue weighted by atomic mass is 9.97. The largest absolute Gasteiger partial charge is 0.481 e. The second-order valence-corrected chi connectivity index (χ2v) is 9.84. The van der Waals surface area contributed by atoms with Gasteiger partial charge in [-0.2, -0.15) is 5.26 Å². The first-order valence-corrected chi connectivity index (χ1v) is 11.3. The number of hydrogen-bond donors (Lipinski definition) is 4. The number of aliphatic carboxylic acids is 1. The molecule has 0 aliphatic rings. The van der Waals surface area contributed by atoms with E-state index < -0.39 is 11.6 Å². The number of nitriles is 1. The van der Waals surface area contributed by atoms with Gasteiger partial charge in [-0.05, 0) is 57.3 Å². The van der Waals surface area contributed by atoms with Crippen LogP contribution in [0.15, 0.2) is 5.16 Å². The third-order valence-corrected chi connectivity index (χ3v) is 3.81. The molecule has 186 valence electrons. The number of carbonyl (C=O) groups is 1. The van der Waals surface area contributed by atoms with E-state index in [-0.39, 0.29) is 11.8 Å². The molecule has 0 heterocycles. The Bertz CT molecular complexity index is 474. The van der Waals surface area contributed by atoms with Crippen LogP contribution in [0.25, 0.3) is 0 Å². The summed E-state index contributed by atoms with van der Waals surface area (Å²) < 4.78 is 0. The van der Waals surface area contributed by atoms with Crippen molar-refractivity contribution in [2.24, 2.45) is 34.6 Å². The fourth-order valence-corrected chi connectivity index (χ4v) is 1.52. The van der Waals surface area contributed by atoms with Gasteiger partial charge in [0, 0.05) is 18.8 Å². The van der Waals surface area contributed by atoms with Crippen LogP contribution < -0.4 is 5.73 Å². The maximum absolute atomic E-state index is 9.90. The van der Waals surface area contributed by atoms with E-state index >= 15 is 0 Å². The molecule has 0 aliphatic heterocycles. The number of amidine groups is 1. The van der Waals surface area contributed by atoms with Gasteiger partial charge in [-0.1, -0.05) is 60.5 Å². The first kappa shape index (κ1) is 36.6. The lowest BCUT2D eigenvalue weighted by Gasteiger charge is -2.17. The van der Waals surface area contributed by atoms with Crippen LogP contribution in [0.3, 0.4) is 0 Å². The van der Waals surface area contributed by atoms with Crippen LogP contribution in [0.5, 0.6) is 0 Å². The Balaban J connectivity index is -0.000000158. The number of carboxylic acids is 1. The van der Waals surface area contributed by atoms with Crippen molar-refractivity contribution in [3.05, 3.63) is 0 Å². The van der Waals surface area contributed by atoms with Crippen molar-refractivity contribution in [2.75, 3.05) is 0 Å². The summed E-state index contributed by atoms with van der Waals surface area (Å²) in [6.07, 6.45) is 4.86. The Labute approximate surface area is 191 Å².